The summed E-state index contributed by atoms with van der Waals surface area (Å²) in [5.41, 5.74) is 1.89. The lowest BCUT2D eigenvalue weighted by Gasteiger charge is -2.26. The summed E-state index contributed by atoms with van der Waals surface area (Å²) in [6.07, 6.45) is 0.726. The minimum atomic E-state index is 0.00207. The standard InChI is InChI=1S/C13H18N2O3/c16-8-1-6-14-11-2-4-12(5-3-11)15-7-9-18-10-13(15)17/h2-5,14,16H,1,6-10H2. The number of nitrogens with one attached hydrogen (secondary N) is 1. The summed E-state index contributed by atoms with van der Waals surface area (Å²) >= 11 is 0. The SMILES string of the molecule is O=C1COCCN1c1ccc(NCCCO)cc1. The minimum Gasteiger partial charge on any atom is -0.396 e. The Morgan fingerprint density at radius 1 is 1.33 bits per heavy atom. The number of nitrogens with zero attached hydrogens (tertiary/aromatic N) is 1. The van der Waals surface area contributed by atoms with E-state index in [1.807, 2.05) is 24.3 Å². The van der Waals surface area contributed by atoms with Gasteiger partial charge in [0.1, 0.15) is 6.61 Å². The molecule has 1 aromatic rings. The molecule has 5 heteroatoms. The number of aliphatic hydroxyl groups is 1. The van der Waals surface area contributed by atoms with Gasteiger partial charge >= 0.3 is 0 Å². The molecule has 0 aliphatic carbocycles. The van der Waals surface area contributed by atoms with Crippen LogP contribution in [0.25, 0.3) is 0 Å². The molecule has 1 aromatic carbocycles. The van der Waals surface area contributed by atoms with Gasteiger partial charge in [-0.3, -0.25) is 4.79 Å². The van der Waals surface area contributed by atoms with Gasteiger partial charge in [-0.2, -0.15) is 0 Å². The monoisotopic (exact) mass is 250 g/mol. The molecule has 1 saturated heterocycles. The van der Waals surface area contributed by atoms with E-state index < -0.39 is 0 Å². The molecule has 2 rings (SSSR count). The van der Waals surface area contributed by atoms with Gasteiger partial charge in [0.2, 0.25) is 0 Å². The fourth-order valence-corrected chi connectivity index (χ4v) is 1.86. The van der Waals surface area contributed by atoms with Gasteiger partial charge in [-0.25, -0.2) is 0 Å². The summed E-state index contributed by atoms with van der Waals surface area (Å²) in [6.45, 7) is 2.29. The van der Waals surface area contributed by atoms with Crippen molar-refractivity contribution in [1.82, 2.24) is 0 Å². The number of morpholine rings is 1. The van der Waals surface area contributed by atoms with Crippen LogP contribution in [0.4, 0.5) is 11.4 Å². The van der Waals surface area contributed by atoms with Crippen molar-refractivity contribution in [3.63, 3.8) is 0 Å². The van der Waals surface area contributed by atoms with E-state index in [0.717, 1.165) is 24.3 Å². The molecule has 0 saturated carbocycles. The topological polar surface area (TPSA) is 61.8 Å². The maximum absolute atomic E-state index is 11.6. The van der Waals surface area contributed by atoms with Gasteiger partial charge in [0, 0.05) is 31.1 Å². The first kappa shape index (κ1) is 12.9. The molecule has 5 nitrogen and oxygen atoms in total. The Hall–Kier alpha value is -1.59. The Morgan fingerprint density at radius 3 is 2.78 bits per heavy atom. The molecule has 0 aromatic heterocycles. The Labute approximate surface area is 106 Å². The summed E-state index contributed by atoms with van der Waals surface area (Å²) < 4.78 is 5.10. The summed E-state index contributed by atoms with van der Waals surface area (Å²) in [6, 6.07) is 7.72. The Kier molecular flexibility index (Phi) is 4.55. The van der Waals surface area contributed by atoms with E-state index in [4.69, 9.17) is 9.84 Å². The third-order valence-corrected chi connectivity index (χ3v) is 2.83. The van der Waals surface area contributed by atoms with Crippen molar-refractivity contribution in [2.24, 2.45) is 0 Å². The zero-order chi connectivity index (χ0) is 12.8. The number of carbonyl (C=O) groups is 1. The maximum atomic E-state index is 11.6. The lowest BCUT2D eigenvalue weighted by molar-refractivity contribution is -0.125. The molecular weight excluding hydrogens is 232 g/mol. The smallest absolute Gasteiger partial charge is 0.253 e. The van der Waals surface area contributed by atoms with E-state index in [1.165, 1.54) is 0 Å². The molecule has 0 radical (unpaired) electrons. The van der Waals surface area contributed by atoms with Crippen LogP contribution in [-0.4, -0.2) is 43.9 Å². The highest BCUT2D eigenvalue weighted by atomic mass is 16.5. The van der Waals surface area contributed by atoms with Gasteiger partial charge in [-0.05, 0) is 30.7 Å². The highest BCUT2D eigenvalue weighted by molar-refractivity contribution is 5.94. The van der Waals surface area contributed by atoms with Crippen molar-refractivity contribution in [1.29, 1.82) is 0 Å². The Bertz CT molecular complexity index is 392. The zero-order valence-electron chi connectivity index (χ0n) is 10.3. The molecule has 0 spiro atoms. The molecule has 1 heterocycles. The second kappa shape index (κ2) is 6.37. The van der Waals surface area contributed by atoms with Gasteiger partial charge < -0.3 is 20.1 Å². The summed E-state index contributed by atoms with van der Waals surface area (Å²) in [5.74, 6) is 0.00207. The van der Waals surface area contributed by atoms with Crippen LogP contribution in [0.15, 0.2) is 24.3 Å². The zero-order valence-corrected chi connectivity index (χ0v) is 10.3. The number of hydrogen-bond acceptors (Lipinski definition) is 4. The van der Waals surface area contributed by atoms with Gasteiger partial charge in [0.15, 0.2) is 0 Å². The van der Waals surface area contributed by atoms with Crippen molar-refractivity contribution in [2.75, 3.05) is 43.1 Å². The van der Waals surface area contributed by atoms with Crippen LogP contribution >= 0.6 is 0 Å². The summed E-state index contributed by atoms with van der Waals surface area (Å²) in [7, 11) is 0. The Balaban J connectivity index is 1.96. The molecule has 1 fully saturated rings. The molecule has 98 valence electrons. The van der Waals surface area contributed by atoms with E-state index in [-0.39, 0.29) is 19.1 Å². The lowest BCUT2D eigenvalue weighted by Crippen LogP contribution is -2.41. The third-order valence-electron chi connectivity index (χ3n) is 2.83. The molecule has 2 N–H and O–H groups in total. The van der Waals surface area contributed by atoms with Crippen LogP contribution in [0.3, 0.4) is 0 Å². The first-order valence-electron chi connectivity index (χ1n) is 6.14. The molecule has 1 aliphatic heterocycles. The predicted octanol–water partition coefficient (Wildman–Crippen LogP) is 0.844. The number of rotatable bonds is 5. The van der Waals surface area contributed by atoms with Crippen molar-refractivity contribution >= 4 is 17.3 Å². The number of aliphatic hydroxyl groups excluding tert-OH is 1. The first-order chi connectivity index (χ1) is 8.81. The average molecular weight is 250 g/mol. The molecule has 18 heavy (non-hydrogen) atoms. The second-order valence-corrected chi connectivity index (χ2v) is 4.15. The summed E-state index contributed by atoms with van der Waals surface area (Å²) in [5, 5.41) is 11.9. The van der Waals surface area contributed by atoms with Gasteiger partial charge in [0.25, 0.3) is 5.91 Å². The van der Waals surface area contributed by atoms with Crippen LogP contribution in [0.1, 0.15) is 6.42 Å². The molecular formula is C13H18N2O3. The molecule has 0 atom stereocenters. The van der Waals surface area contributed by atoms with Crippen molar-refractivity contribution in [2.45, 2.75) is 6.42 Å². The maximum Gasteiger partial charge on any atom is 0.253 e. The number of hydrogen-bond donors (Lipinski definition) is 2. The summed E-state index contributed by atoms with van der Waals surface area (Å²) in [4.78, 5) is 13.4. The number of ether oxygens (including phenoxy) is 1. The highest BCUT2D eigenvalue weighted by Crippen LogP contribution is 2.19. The van der Waals surface area contributed by atoms with Crippen LogP contribution in [0.5, 0.6) is 0 Å². The number of amides is 1. The number of carbonyl (C=O) groups excluding carboxylic acids is 1. The van der Waals surface area contributed by atoms with E-state index in [2.05, 4.69) is 5.32 Å². The van der Waals surface area contributed by atoms with E-state index in [9.17, 15) is 4.79 Å². The Morgan fingerprint density at radius 2 is 2.11 bits per heavy atom. The second-order valence-electron chi connectivity index (χ2n) is 4.15. The highest BCUT2D eigenvalue weighted by Gasteiger charge is 2.19. The molecule has 0 unspecified atom stereocenters. The van der Waals surface area contributed by atoms with Crippen LogP contribution in [0.2, 0.25) is 0 Å². The average Bonchev–Trinajstić information content (AvgIpc) is 2.41. The lowest BCUT2D eigenvalue weighted by atomic mass is 10.2. The van der Waals surface area contributed by atoms with Crippen molar-refractivity contribution < 1.29 is 14.6 Å². The molecule has 1 aliphatic rings. The van der Waals surface area contributed by atoms with E-state index >= 15 is 0 Å². The van der Waals surface area contributed by atoms with Crippen LogP contribution in [0, 0.1) is 0 Å². The van der Waals surface area contributed by atoms with Crippen molar-refractivity contribution in [3.05, 3.63) is 24.3 Å². The minimum absolute atomic E-state index is 0.00207. The quantitative estimate of drug-likeness (QED) is 0.760. The number of benzene rings is 1. The fourth-order valence-electron chi connectivity index (χ4n) is 1.86. The van der Waals surface area contributed by atoms with Crippen LogP contribution in [-0.2, 0) is 9.53 Å². The van der Waals surface area contributed by atoms with Gasteiger partial charge in [-0.1, -0.05) is 0 Å². The molecule has 0 bridgehead atoms. The third kappa shape index (κ3) is 3.21. The van der Waals surface area contributed by atoms with E-state index in [0.29, 0.717) is 13.2 Å². The van der Waals surface area contributed by atoms with Crippen molar-refractivity contribution in [3.8, 4) is 0 Å². The van der Waals surface area contributed by atoms with Gasteiger partial charge in [0.05, 0.1) is 6.61 Å². The fraction of sp³-hybridized carbons (Fsp3) is 0.462. The van der Waals surface area contributed by atoms with E-state index in [1.54, 1.807) is 4.90 Å². The first-order valence-corrected chi connectivity index (χ1v) is 6.14. The predicted molar refractivity (Wildman–Crippen MR) is 69.8 cm³/mol. The number of anilines is 2. The van der Waals surface area contributed by atoms with Gasteiger partial charge in [-0.15, -0.1) is 0 Å². The van der Waals surface area contributed by atoms with Crippen LogP contribution < -0.4 is 10.2 Å². The normalized spacial score (nSPS) is 15.8. The molecule has 1 amide bonds. The largest absolute Gasteiger partial charge is 0.396 e.